The Morgan fingerprint density at radius 2 is 2.05 bits per heavy atom. The first-order chi connectivity index (χ1) is 9.06. The summed E-state index contributed by atoms with van der Waals surface area (Å²) in [5, 5.41) is 2.67. The van der Waals surface area contributed by atoms with Crippen molar-refractivity contribution in [3.8, 4) is 0 Å². The van der Waals surface area contributed by atoms with Crippen molar-refractivity contribution in [1.82, 2.24) is 5.32 Å². The summed E-state index contributed by atoms with van der Waals surface area (Å²) in [7, 11) is 0. The zero-order valence-electron chi connectivity index (χ0n) is 10.8. The molecule has 1 aromatic carbocycles. The number of hydrogen-bond donors (Lipinski definition) is 1. The molecule has 5 heteroatoms. The van der Waals surface area contributed by atoms with E-state index >= 15 is 0 Å². The van der Waals surface area contributed by atoms with Gasteiger partial charge in [0, 0.05) is 11.6 Å². The third-order valence-electron chi connectivity index (χ3n) is 2.79. The second kappa shape index (κ2) is 5.56. The van der Waals surface area contributed by atoms with Crippen LogP contribution in [0.1, 0.15) is 25.5 Å². The van der Waals surface area contributed by atoms with Gasteiger partial charge in [-0.15, -0.1) is 0 Å². The van der Waals surface area contributed by atoms with Crippen LogP contribution in [-0.4, -0.2) is 18.4 Å². The van der Waals surface area contributed by atoms with Crippen LogP contribution in [0.3, 0.4) is 0 Å². The quantitative estimate of drug-likeness (QED) is 0.848. The fourth-order valence-electron chi connectivity index (χ4n) is 1.70. The lowest BCUT2D eigenvalue weighted by Crippen LogP contribution is -2.30. The highest BCUT2D eigenvalue weighted by molar-refractivity contribution is 5.90. The molecule has 0 spiro atoms. The van der Waals surface area contributed by atoms with E-state index in [1.165, 1.54) is 6.08 Å². The molecule has 1 aliphatic rings. The molecule has 0 radical (unpaired) electrons. The Labute approximate surface area is 111 Å². The average molecular weight is 261 g/mol. The first-order valence-corrected chi connectivity index (χ1v) is 5.98. The van der Waals surface area contributed by atoms with Crippen LogP contribution in [0.4, 0.5) is 4.79 Å². The van der Waals surface area contributed by atoms with E-state index < -0.39 is 18.4 Å². The second-order valence-corrected chi connectivity index (χ2v) is 4.31. The van der Waals surface area contributed by atoms with Gasteiger partial charge >= 0.3 is 12.1 Å². The van der Waals surface area contributed by atoms with E-state index in [-0.39, 0.29) is 6.04 Å². The fraction of sp³-hybridized carbons (Fsp3) is 0.286. The van der Waals surface area contributed by atoms with Gasteiger partial charge in [-0.3, -0.25) is 0 Å². The van der Waals surface area contributed by atoms with E-state index in [1.807, 2.05) is 37.3 Å². The average Bonchev–Trinajstić information content (AvgIpc) is 2.69. The summed E-state index contributed by atoms with van der Waals surface area (Å²) >= 11 is 0. The second-order valence-electron chi connectivity index (χ2n) is 4.31. The molecule has 100 valence electrons. The van der Waals surface area contributed by atoms with Crippen molar-refractivity contribution in [2.75, 3.05) is 0 Å². The topological polar surface area (TPSA) is 64.6 Å². The minimum absolute atomic E-state index is 0.184. The number of amides is 1. The van der Waals surface area contributed by atoms with Crippen LogP contribution in [0, 0.1) is 0 Å². The summed E-state index contributed by atoms with van der Waals surface area (Å²) < 4.78 is 9.79. The molecule has 0 saturated carbocycles. The molecule has 2 rings (SSSR count). The Bertz CT molecular complexity index is 509. The standard InChI is InChI=1S/C14H15NO4/c1-9-8-12(18-13(9)16)19-14(17)15-10(2)11-6-4-3-5-7-11/h3-8,10,12H,1-2H3,(H,15,17)/t10-,12-/m0/s1. The predicted octanol–water partition coefficient (Wildman–Crippen LogP) is 2.30. The predicted molar refractivity (Wildman–Crippen MR) is 68.1 cm³/mol. The molecule has 1 aromatic rings. The van der Waals surface area contributed by atoms with Gasteiger partial charge in [-0.05, 0) is 19.4 Å². The highest BCUT2D eigenvalue weighted by Gasteiger charge is 2.25. The third kappa shape index (κ3) is 3.34. The van der Waals surface area contributed by atoms with Gasteiger partial charge < -0.3 is 14.8 Å². The van der Waals surface area contributed by atoms with Crippen LogP contribution in [-0.2, 0) is 14.3 Å². The Kier molecular flexibility index (Phi) is 3.85. The summed E-state index contributed by atoms with van der Waals surface area (Å²) in [5.74, 6) is -0.464. The fourth-order valence-corrected chi connectivity index (χ4v) is 1.70. The van der Waals surface area contributed by atoms with Crippen molar-refractivity contribution in [3.05, 3.63) is 47.5 Å². The zero-order chi connectivity index (χ0) is 13.8. The number of alkyl carbamates (subject to hydrolysis) is 1. The molecular weight excluding hydrogens is 246 g/mol. The van der Waals surface area contributed by atoms with E-state index in [0.29, 0.717) is 5.57 Å². The molecule has 1 N–H and O–H groups in total. The van der Waals surface area contributed by atoms with Gasteiger partial charge in [0.2, 0.25) is 0 Å². The van der Waals surface area contributed by atoms with Crippen molar-refractivity contribution in [2.45, 2.75) is 26.2 Å². The summed E-state index contributed by atoms with van der Waals surface area (Å²) in [6, 6.07) is 9.32. The number of carbonyl (C=O) groups excluding carboxylic acids is 2. The number of rotatable bonds is 3. The third-order valence-corrected chi connectivity index (χ3v) is 2.79. The van der Waals surface area contributed by atoms with E-state index in [0.717, 1.165) is 5.56 Å². The van der Waals surface area contributed by atoms with Gasteiger partial charge in [0.05, 0.1) is 6.04 Å². The number of nitrogens with one attached hydrogen (secondary N) is 1. The molecule has 1 amide bonds. The molecule has 0 bridgehead atoms. The van der Waals surface area contributed by atoms with Gasteiger partial charge in [0.15, 0.2) is 0 Å². The molecular formula is C14H15NO4. The first-order valence-electron chi connectivity index (χ1n) is 5.98. The first kappa shape index (κ1) is 13.1. The minimum atomic E-state index is -0.935. The Balaban J connectivity index is 1.87. The molecule has 0 saturated heterocycles. The van der Waals surface area contributed by atoms with Crippen LogP contribution in [0.2, 0.25) is 0 Å². The lowest BCUT2D eigenvalue weighted by molar-refractivity contribution is -0.151. The number of carbonyl (C=O) groups is 2. The Morgan fingerprint density at radius 1 is 1.37 bits per heavy atom. The lowest BCUT2D eigenvalue weighted by atomic mass is 10.1. The SMILES string of the molecule is CC1=C[C@H](OC(=O)N[C@@H](C)c2ccccc2)OC1=O. The number of cyclic esters (lactones) is 1. The van der Waals surface area contributed by atoms with E-state index in [4.69, 9.17) is 9.47 Å². The lowest BCUT2D eigenvalue weighted by Gasteiger charge is -2.16. The number of esters is 1. The highest BCUT2D eigenvalue weighted by atomic mass is 16.7. The monoisotopic (exact) mass is 261 g/mol. The van der Waals surface area contributed by atoms with Crippen molar-refractivity contribution in [2.24, 2.45) is 0 Å². The molecule has 0 aliphatic carbocycles. The largest absolute Gasteiger partial charge is 0.418 e. The normalized spacial score (nSPS) is 19.4. The summed E-state index contributed by atoms with van der Waals surface area (Å²) in [4.78, 5) is 22.7. The minimum Gasteiger partial charge on any atom is -0.418 e. The molecule has 2 atom stereocenters. The molecule has 0 unspecified atom stereocenters. The van der Waals surface area contributed by atoms with Gasteiger partial charge in [0.25, 0.3) is 6.29 Å². The molecule has 5 nitrogen and oxygen atoms in total. The maximum Gasteiger partial charge on any atom is 0.410 e. The van der Waals surface area contributed by atoms with Crippen LogP contribution >= 0.6 is 0 Å². The van der Waals surface area contributed by atoms with Gasteiger partial charge in [-0.1, -0.05) is 30.3 Å². The van der Waals surface area contributed by atoms with Crippen molar-refractivity contribution < 1.29 is 19.1 Å². The van der Waals surface area contributed by atoms with Gasteiger partial charge in [-0.25, -0.2) is 9.59 Å². The molecule has 0 fully saturated rings. The van der Waals surface area contributed by atoms with Crippen LogP contribution in [0.25, 0.3) is 0 Å². The highest BCUT2D eigenvalue weighted by Crippen LogP contribution is 2.15. The Hall–Kier alpha value is -2.30. The Morgan fingerprint density at radius 3 is 2.63 bits per heavy atom. The van der Waals surface area contributed by atoms with Crippen molar-refractivity contribution in [1.29, 1.82) is 0 Å². The van der Waals surface area contributed by atoms with Crippen LogP contribution < -0.4 is 5.32 Å². The van der Waals surface area contributed by atoms with E-state index in [1.54, 1.807) is 6.92 Å². The molecule has 0 aromatic heterocycles. The maximum atomic E-state index is 11.6. The number of hydrogen-bond acceptors (Lipinski definition) is 4. The maximum absolute atomic E-state index is 11.6. The smallest absolute Gasteiger partial charge is 0.410 e. The molecule has 1 heterocycles. The van der Waals surface area contributed by atoms with Crippen molar-refractivity contribution in [3.63, 3.8) is 0 Å². The summed E-state index contributed by atoms with van der Waals surface area (Å²) in [6.45, 7) is 3.45. The summed E-state index contributed by atoms with van der Waals surface area (Å²) in [6.07, 6.45) is -0.0923. The van der Waals surface area contributed by atoms with Gasteiger partial charge in [-0.2, -0.15) is 0 Å². The molecule has 19 heavy (non-hydrogen) atoms. The zero-order valence-corrected chi connectivity index (χ0v) is 10.8. The van der Waals surface area contributed by atoms with Crippen LogP contribution in [0.5, 0.6) is 0 Å². The summed E-state index contributed by atoms with van der Waals surface area (Å²) in [5.41, 5.74) is 1.41. The van der Waals surface area contributed by atoms with E-state index in [9.17, 15) is 9.59 Å². The number of benzene rings is 1. The number of ether oxygens (including phenoxy) is 2. The van der Waals surface area contributed by atoms with Crippen LogP contribution in [0.15, 0.2) is 42.0 Å². The van der Waals surface area contributed by atoms with Gasteiger partial charge in [0.1, 0.15) is 0 Å². The van der Waals surface area contributed by atoms with E-state index in [2.05, 4.69) is 5.32 Å². The molecule has 1 aliphatic heterocycles. The van der Waals surface area contributed by atoms with Crippen molar-refractivity contribution >= 4 is 12.1 Å².